The van der Waals surface area contributed by atoms with Gasteiger partial charge in [0, 0.05) is 33.4 Å². The normalized spacial score (nSPS) is 9.88. The van der Waals surface area contributed by atoms with Crippen molar-refractivity contribution in [1.29, 1.82) is 0 Å². The van der Waals surface area contributed by atoms with Crippen LogP contribution < -0.4 is 0 Å². The minimum absolute atomic E-state index is 0.0239. The monoisotopic (exact) mass is 462 g/mol. The number of carbonyl (C=O) groups excluding carboxylic acids is 3. The number of hydrogen-bond donors (Lipinski definition) is 2. The number of amides is 2. The first kappa shape index (κ1) is 34.0. The first-order chi connectivity index (χ1) is 14.6. The predicted molar refractivity (Wildman–Crippen MR) is 121 cm³/mol. The molecule has 10 heteroatoms. The summed E-state index contributed by atoms with van der Waals surface area (Å²) < 4.78 is 5.10. The fourth-order valence-electron chi connectivity index (χ4n) is 1.97. The Kier molecular flexibility index (Phi) is 20.2. The summed E-state index contributed by atoms with van der Waals surface area (Å²) in [5, 5.41) is 16.2. The van der Waals surface area contributed by atoms with Gasteiger partial charge >= 0.3 is 17.9 Å². The van der Waals surface area contributed by atoms with Crippen LogP contribution in [0.5, 0.6) is 0 Å². The van der Waals surface area contributed by atoms with Crippen LogP contribution in [0.1, 0.15) is 80.1 Å². The number of carboxylic acids is 2. The molecule has 0 fully saturated rings. The lowest BCUT2D eigenvalue weighted by Gasteiger charge is -2.22. The second-order valence-electron chi connectivity index (χ2n) is 8.12. The highest BCUT2D eigenvalue weighted by atomic mass is 16.6. The number of aliphatic carboxylic acids is 2. The van der Waals surface area contributed by atoms with Crippen LogP contribution in [0.15, 0.2) is 0 Å². The lowest BCUT2D eigenvalue weighted by molar-refractivity contribution is -0.158. The predicted octanol–water partition coefficient (Wildman–Crippen LogP) is 2.79. The molecular weight excluding hydrogens is 420 g/mol. The van der Waals surface area contributed by atoms with Gasteiger partial charge in [0.15, 0.2) is 0 Å². The second-order valence-corrected chi connectivity index (χ2v) is 8.12. The van der Waals surface area contributed by atoms with Crippen LogP contribution in [0.25, 0.3) is 0 Å². The molecule has 0 saturated carbocycles. The standard InChI is InChI=1S/C11H21NO3.C7H13NO3.C4H8O2/c1-6-7-9(13)12(5)8-10(14)15-11(2,3)4;1-3-4-6(9)8(2)5-7(10)11;1-2-3-4(5)6/h6-8H2,1-5H3;3-5H2,1-2H3,(H,10,11);2-3H2,1H3,(H,5,6). The molecule has 0 aromatic carbocycles. The molecule has 0 aromatic heterocycles. The van der Waals surface area contributed by atoms with Crippen LogP contribution in [0, 0.1) is 0 Å². The summed E-state index contributed by atoms with van der Waals surface area (Å²) in [6.45, 7) is 10.9. The molecule has 2 amide bonds. The topological polar surface area (TPSA) is 142 Å². The average Bonchev–Trinajstić information content (AvgIpc) is 2.60. The zero-order valence-electron chi connectivity index (χ0n) is 20.9. The molecule has 10 nitrogen and oxygen atoms in total. The highest BCUT2D eigenvalue weighted by Crippen LogP contribution is 2.07. The number of hydrogen-bond acceptors (Lipinski definition) is 6. The number of ether oxygens (including phenoxy) is 1. The molecular formula is C22H42N2O8. The summed E-state index contributed by atoms with van der Waals surface area (Å²) in [6, 6.07) is 0. The van der Waals surface area contributed by atoms with Gasteiger partial charge in [-0.05, 0) is 40.0 Å². The third-order valence-electron chi connectivity index (χ3n) is 3.40. The molecule has 0 atom stereocenters. The summed E-state index contributed by atoms with van der Waals surface area (Å²) in [5.74, 6) is -2.19. The molecule has 0 heterocycles. The summed E-state index contributed by atoms with van der Waals surface area (Å²) >= 11 is 0. The van der Waals surface area contributed by atoms with E-state index >= 15 is 0 Å². The first-order valence-corrected chi connectivity index (χ1v) is 10.7. The van der Waals surface area contributed by atoms with Gasteiger partial charge in [0.2, 0.25) is 11.8 Å². The van der Waals surface area contributed by atoms with Crippen molar-refractivity contribution >= 4 is 29.7 Å². The van der Waals surface area contributed by atoms with Crippen LogP contribution in [-0.2, 0) is 28.7 Å². The van der Waals surface area contributed by atoms with Gasteiger partial charge in [0.25, 0.3) is 0 Å². The van der Waals surface area contributed by atoms with E-state index in [-0.39, 0.29) is 30.9 Å². The Hall–Kier alpha value is -2.65. The number of esters is 1. The zero-order valence-corrected chi connectivity index (χ0v) is 20.9. The van der Waals surface area contributed by atoms with Gasteiger partial charge in [-0.2, -0.15) is 0 Å². The van der Waals surface area contributed by atoms with E-state index in [1.165, 1.54) is 16.8 Å². The average molecular weight is 463 g/mol. The molecule has 0 rings (SSSR count). The number of likely N-dealkylation sites (N-methyl/N-ethyl adjacent to an activating group) is 2. The number of carbonyl (C=O) groups is 5. The fraction of sp³-hybridized carbons (Fsp3) is 0.773. The van der Waals surface area contributed by atoms with Gasteiger partial charge in [0.05, 0.1) is 0 Å². The summed E-state index contributed by atoms with van der Waals surface area (Å²) in [5.41, 5.74) is -0.494. The summed E-state index contributed by atoms with van der Waals surface area (Å²) in [7, 11) is 3.11. The van der Waals surface area contributed by atoms with Crippen molar-refractivity contribution in [3.63, 3.8) is 0 Å². The van der Waals surface area contributed by atoms with E-state index in [2.05, 4.69) is 0 Å². The molecule has 0 radical (unpaired) electrons. The van der Waals surface area contributed by atoms with Crippen molar-refractivity contribution in [3.8, 4) is 0 Å². The molecule has 0 spiro atoms. The lowest BCUT2D eigenvalue weighted by atomic mass is 10.2. The third kappa shape index (κ3) is 25.4. The Balaban J connectivity index is -0.000000433. The van der Waals surface area contributed by atoms with Crippen molar-refractivity contribution in [3.05, 3.63) is 0 Å². The van der Waals surface area contributed by atoms with Crippen molar-refractivity contribution < 1.29 is 38.9 Å². The molecule has 0 aromatic rings. The quantitative estimate of drug-likeness (QED) is 0.472. The first-order valence-electron chi connectivity index (χ1n) is 10.7. The van der Waals surface area contributed by atoms with E-state index in [1.54, 1.807) is 27.8 Å². The van der Waals surface area contributed by atoms with Gasteiger partial charge in [-0.3, -0.25) is 24.0 Å². The Bertz CT molecular complexity index is 585. The molecule has 32 heavy (non-hydrogen) atoms. The van der Waals surface area contributed by atoms with Crippen molar-refractivity contribution in [2.24, 2.45) is 0 Å². The van der Waals surface area contributed by atoms with Gasteiger partial charge < -0.3 is 24.7 Å². The van der Waals surface area contributed by atoms with Crippen molar-refractivity contribution in [2.45, 2.75) is 85.7 Å². The number of carboxylic acid groups (broad SMARTS) is 2. The van der Waals surface area contributed by atoms with E-state index in [0.717, 1.165) is 19.3 Å². The Labute approximate surface area is 191 Å². The smallest absolute Gasteiger partial charge is 0.326 e. The van der Waals surface area contributed by atoms with Crippen LogP contribution in [0.3, 0.4) is 0 Å². The van der Waals surface area contributed by atoms with E-state index in [4.69, 9.17) is 14.9 Å². The molecule has 0 bridgehead atoms. The SMILES string of the molecule is CCCC(=O)N(C)CC(=O)O.CCCC(=O)N(C)CC(=O)OC(C)(C)C.CCCC(=O)O. The molecule has 0 unspecified atom stereocenters. The minimum Gasteiger partial charge on any atom is -0.481 e. The van der Waals surface area contributed by atoms with E-state index in [9.17, 15) is 24.0 Å². The van der Waals surface area contributed by atoms with Crippen molar-refractivity contribution in [1.82, 2.24) is 9.80 Å². The van der Waals surface area contributed by atoms with Crippen LogP contribution in [0.4, 0.5) is 0 Å². The summed E-state index contributed by atoms with van der Waals surface area (Å²) in [6.07, 6.45) is 3.46. The van der Waals surface area contributed by atoms with Crippen LogP contribution in [-0.4, -0.2) is 82.5 Å². The molecule has 0 aliphatic heterocycles. The lowest BCUT2D eigenvalue weighted by Crippen LogP contribution is -2.36. The van der Waals surface area contributed by atoms with Gasteiger partial charge in [0.1, 0.15) is 18.7 Å². The Morgan fingerprint density at radius 3 is 1.31 bits per heavy atom. The van der Waals surface area contributed by atoms with E-state index < -0.39 is 17.5 Å². The zero-order chi connectivity index (χ0) is 25.9. The fourth-order valence-corrected chi connectivity index (χ4v) is 1.97. The van der Waals surface area contributed by atoms with Gasteiger partial charge in [-0.1, -0.05) is 20.8 Å². The minimum atomic E-state index is -0.975. The number of rotatable bonds is 10. The van der Waals surface area contributed by atoms with Gasteiger partial charge in [-0.15, -0.1) is 0 Å². The maximum absolute atomic E-state index is 11.4. The van der Waals surface area contributed by atoms with E-state index in [0.29, 0.717) is 19.3 Å². The highest BCUT2D eigenvalue weighted by Gasteiger charge is 2.19. The van der Waals surface area contributed by atoms with Gasteiger partial charge in [-0.25, -0.2) is 0 Å². The summed E-state index contributed by atoms with van der Waals surface area (Å²) in [4.78, 5) is 56.0. The molecule has 0 aliphatic carbocycles. The molecule has 188 valence electrons. The second kappa shape index (κ2) is 19.1. The molecule has 0 saturated heterocycles. The van der Waals surface area contributed by atoms with Crippen LogP contribution >= 0.6 is 0 Å². The largest absolute Gasteiger partial charge is 0.481 e. The Morgan fingerprint density at radius 2 is 1.06 bits per heavy atom. The van der Waals surface area contributed by atoms with E-state index in [1.807, 2.05) is 20.8 Å². The maximum atomic E-state index is 11.4. The number of nitrogens with zero attached hydrogens (tertiary/aromatic N) is 2. The van der Waals surface area contributed by atoms with Crippen LogP contribution in [0.2, 0.25) is 0 Å². The molecule has 0 aliphatic rings. The Morgan fingerprint density at radius 1 is 0.688 bits per heavy atom. The van der Waals surface area contributed by atoms with Crippen molar-refractivity contribution in [2.75, 3.05) is 27.2 Å². The highest BCUT2D eigenvalue weighted by molar-refractivity contribution is 5.82. The molecule has 2 N–H and O–H groups in total. The maximum Gasteiger partial charge on any atom is 0.326 e. The third-order valence-corrected chi connectivity index (χ3v) is 3.40.